The van der Waals surface area contributed by atoms with E-state index in [0.29, 0.717) is 43.5 Å². The van der Waals surface area contributed by atoms with Gasteiger partial charge in [0.1, 0.15) is 11.6 Å². The Morgan fingerprint density at radius 2 is 1.85 bits per heavy atom. The van der Waals surface area contributed by atoms with Gasteiger partial charge in [0, 0.05) is 25.8 Å². The molecular weight excluding hydrogens is 359 g/mol. The first-order chi connectivity index (χ1) is 12.5. The van der Waals surface area contributed by atoms with Crippen molar-refractivity contribution in [2.24, 2.45) is 0 Å². The molecule has 2 fully saturated rings. The molecule has 4 rings (SSSR count). The highest BCUT2D eigenvalue weighted by Gasteiger charge is 2.50. The van der Waals surface area contributed by atoms with Crippen molar-refractivity contribution < 1.29 is 17.5 Å². The smallest absolute Gasteiger partial charge is 0.235 e. The topological polar surface area (TPSA) is 83.6 Å². The van der Waals surface area contributed by atoms with Gasteiger partial charge >= 0.3 is 0 Å². The van der Waals surface area contributed by atoms with Gasteiger partial charge in [-0.3, -0.25) is 4.31 Å². The van der Waals surface area contributed by atoms with Crippen LogP contribution in [0.5, 0.6) is 11.6 Å². The number of pyridine rings is 1. The van der Waals surface area contributed by atoms with Crippen molar-refractivity contribution in [1.82, 2.24) is 15.6 Å². The van der Waals surface area contributed by atoms with Crippen LogP contribution in [-0.2, 0) is 10.0 Å². The maximum absolute atomic E-state index is 13.0. The lowest BCUT2D eigenvalue weighted by molar-refractivity contribution is 0.324. The van der Waals surface area contributed by atoms with E-state index in [4.69, 9.17) is 4.74 Å². The van der Waals surface area contributed by atoms with E-state index >= 15 is 0 Å². The summed E-state index contributed by atoms with van der Waals surface area (Å²) in [5.74, 6) is 0.535. The summed E-state index contributed by atoms with van der Waals surface area (Å²) in [5, 5.41) is 6.42. The van der Waals surface area contributed by atoms with Gasteiger partial charge in [-0.25, -0.2) is 17.8 Å². The number of hydrogen-bond acceptors (Lipinski definition) is 6. The van der Waals surface area contributed by atoms with Crippen LogP contribution >= 0.6 is 0 Å². The lowest BCUT2D eigenvalue weighted by Crippen LogP contribution is -2.63. The van der Waals surface area contributed by atoms with E-state index in [1.165, 1.54) is 34.8 Å². The summed E-state index contributed by atoms with van der Waals surface area (Å²) < 4.78 is 45.2. The van der Waals surface area contributed by atoms with Gasteiger partial charge in [0.2, 0.25) is 15.9 Å². The maximum atomic E-state index is 13.0. The minimum atomic E-state index is -3.39. The summed E-state index contributed by atoms with van der Waals surface area (Å²) in [6.45, 7) is 1.85. The fraction of sp³-hybridized carbons (Fsp3) is 0.353. The number of halogens is 1. The highest BCUT2D eigenvalue weighted by molar-refractivity contribution is 7.93. The molecule has 0 atom stereocenters. The highest BCUT2D eigenvalue weighted by atomic mass is 32.2. The molecule has 0 amide bonds. The molecule has 0 aliphatic carbocycles. The Balaban J connectivity index is 1.59. The SMILES string of the molecule is O=S1(=O)CCC2(CNCNC2)N1c1ccc(Oc2ccc(F)cc2)nc1. The molecule has 0 radical (unpaired) electrons. The fourth-order valence-corrected chi connectivity index (χ4v) is 5.54. The molecule has 0 unspecified atom stereocenters. The summed E-state index contributed by atoms with van der Waals surface area (Å²) >= 11 is 0. The molecule has 138 valence electrons. The number of benzene rings is 1. The number of nitrogens with zero attached hydrogens (tertiary/aromatic N) is 2. The summed E-state index contributed by atoms with van der Waals surface area (Å²) in [6, 6.07) is 8.91. The first-order valence-corrected chi connectivity index (χ1v) is 9.94. The van der Waals surface area contributed by atoms with E-state index < -0.39 is 15.6 Å². The second-order valence-electron chi connectivity index (χ2n) is 6.50. The first-order valence-electron chi connectivity index (χ1n) is 8.33. The summed E-state index contributed by atoms with van der Waals surface area (Å²) in [5.41, 5.74) is -0.00239. The minimum Gasteiger partial charge on any atom is -0.439 e. The van der Waals surface area contributed by atoms with E-state index in [1.54, 1.807) is 12.1 Å². The van der Waals surface area contributed by atoms with Crippen molar-refractivity contribution in [3.05, 3.63) is 48.4 Å². The summed E-state index contributed by atoms with van der Waals surface area (Å²) in [4.78, 5) is 4.22. The van der Waals surface area contributed by atoms with Crippen LogP contribution in [0.3, 0.4) is 0 Å². The van der Waals surface area contributed by atoms with Gasteiger partial charge in [-0.2, -0.15) is 0 Å². The summed E-state index contributed by atoms with van der Waals surface area (Å²) in [7, 11) is -3.39. The monoisotopic (exact) mass is 378 g/mol. The van der Waals surface area contributed by atoms with E-state index in [0.717, 1.165) is 0 Å². The number of hydrogen-bond donors (Lipinski definition) is 2. The molecule has 0 saturated carbocycles. The molecule has 3 heterocycles. The van der Waals surface area contributed by atoms with Gasteiger partial charge in [-0.05, 0) is 36.8 Å². The molecule has 2 aliphatic heterocycles. The predicted molar refractivity (Wildman–Crippen MR) is 95.2 cm³/mol. The lowest BCUT2D eigenvalue weighted by Gasteiger charge is -2.41. The van der Waals surface area contributed by atoms with Crippen LogP contribution in [0.15, 0.2) is 42.6 Å². The Morgan fingerprint density at radius 1 is 1.12 bits per heavy atom. The zero-order chi connectivity index (χ0) is 18.2. The number of sulfonamides is 1. The third-order valence-electron chi connectivity index (χ3n) is 4.68. The average molecular weight is 378 g/mol. The third-order valence-corrected chi connectivity index (χ3v) is 6.56. The second kappa shape index (κ2) is 6.49. The largest absolute Gasteiger partial charge is 0.439 e. The molecule has 1 aromatic carbocycles. The van der Waals surface area contributed by atoms with Crippen LogP contribution < -0.4 is 19.7 Å². The van der Waals surface area contributed by atoms with Crippen LogP contribution in [0.2, 0.25) is 0 Å². The molecule has 2 aliphatic rings. The van der Waals surface area contributed by atoms with Crippen LogP contribution in [0.1, 0.15) is 6.42 Å². The zero-order valence-corrected chi connectivity index (χ0v) is 14.8. The molecule has 9 heteroatoms. The Hall–Kier alpha value is -2.23. The Labute approximate surface area is 151 Å². The number of rotatable bonds is 3. The number of ether oxygens (including phenoxy) is 1. The van der Waals surface area contributed by atoms with E-state index in [-0.39, 0.29) is 11.6 Å². The molecule has 7 nitrogen and oxygen atoms in total. The molecule has 2 N–H and O–H groups in total. The zero-order valence-electron chi connectivity index (χ0n) is 14.0. The third kappa shape index (κ3) is 3.13. The van der Waals surface area contributed by atoms with Gasteiger partial charge in [-0.15, -0.1) is 0 Å². The van der Waals surface area contributed by atoms with Crippen molar-refractivity contribution in [1.29, 1.82) is 0 Å². The Morgan fingerprint density at radius 3 is 2.50 bits per heavy atom. The van der Waals surface area contributed by atoms with E-state index in [9.17, 15) is 12.8 Å². The second-order valence-corrected chi connectivity index (χ2v) is 8.43. The van der Waals surface area contributed by atoms with Gasteiger partial charge in [-0.1, -0.05) is 0 Å². The number of anilines is 1. The number of aromatic nitrogens is 1. The van der Waals surface area contributed by atoms with Gasteiger partial charge in [0.05, 0.1) is 23.2 Å². The molecular formula is C17H19FN4O3S. The Kier molecular flexibility index (Phi) is 4.29. The normalized spacial score (nSPS) is 21.0. The van der Waals surface area contributed by atoms with Crippen molar-refractivity contribution in [3.8, 4) is 11.6 Å². The van der Waals surface area contributed by atoms with Crippen molar-refractivity contribution in [2.45, 2.75) is 12.0 Å². The molecule has 1 aromatic heterocycles. The average Bonchev–Trinajstić information content (AvgIpc) is 2.89. The van der Waals surface area contributed by atoms with Crippen LogP contribution in [0.4, 0.5) is 10.1 Å². The van der Waals surface area contributed by atoms with Crippen molar-refractivity contribution >= 4 is 15.7 Å². The molecule has 2 saturated heterocycles. The van der Waals surface area contributed by atoms with Crippen LogP contribution in [-0.4, -0.2) is 44.5 Å². The van der Waals surface area contributed by atoms with Gasteiger partial charge < -0.3 is 15.4 Å². The minimum absolute atomic E-state index is 0.115. The first kappa shape index (κ1) is 17.2. The summed E-state index contributed by atoms with van der Waals surface area (Å²) in [6.07, 6.45) is 2.06. The predicted octanol–water partition coefficient (Wildman–Crippen LogP) is 1.44. The van der Waals surface area contributed by atoms with Gasteiger partial charge in [0.25, 0.3) is 0 Å². The van der Waals surface area contributed by atoms with E-state index in [2.05, 4.69) is 15.6 Å². The van der Waals surface area contributed by atoms with Crippen LogP contribution in [0.25, 0.3) is 0 Å². The standard InChI is InChI=1S/C17H19FN4O3S/c18-13-1-4-15(5-2-13)25-16-6-3-14(9-21-16)22-17(7-8-26(22,23)24)10-19-12-20-11-17/h1-6,9,19-20H,7-8,10-12H2. The van der Waals surface area contributed by atoms with Crippen molar-refractivity contribution in [2.75, 3.05) is 29.8 Å². The lowest BCUT2D eigenvalue weighted by atomic mass is 9.94. The fourth-order valence-electron chi connectivity index (χ4n) is 3.48. The van der Waals surface area contributed by atoms with Gasteiger partial charge in [0.15, 0.2) is 0 Å². The van der Waals surface area contributed by atoms with E-state index in [1.807, 2.05) is 0 Å². The maximum Gasteiger partial charge on any atom is 0.235 e. The molecule has 26 heavy (non-hydrogen) atoms. The number of nitrogens with one attached hydrogen (secondary N) is 2. The van der Waals surface area contributed by atoms with Crippen LogP contribution in [0, 0.1) is 5.82 Å². The molecule has 0 bridgehead atoms. The molecule has 1 spiro atoms. The quantitative estimate of drug-likeness (QED) is 0.841. The van der Waals surface area contributed by atoms with Crippen molar-refractivity contribution in [3.63, 3.8) is 0 Å². The highest BCUT2D eigenvalue weighted by Crippen LogP contribution is 2.37. The Bertz CT molecular complexity index is 881. The molecule has 2 aromatic rings.